The molecule has 0 spiro atoms. The van der Waals surface area contributed by atoms with Gasteiger partial charge in [0.15, 0.2) is 5.82 Å². The zero-order valence-corrected chi connectivity index (χ0v) is 8.94. The van der Waals surface area contributed by atoms with Gasteiger partial charge in [0.05, 0.1) is 5.56 Å². The van der Waals surface area contributed by atoms with Crippen molar-refractivity contribution in [3.8, 4) is 11.5 Å². The maximum Gasteiger partial charge on any atom is 0.416 e. The van der Waals surface area contributed by atoms with Crippen molar-refractivity contribution < 1.29 is 22.5 Å². The Morgan fingerprint density at radius 2 is 2.11 bits per heavy atom. The minimum atomic E-state index is -4.42. The van der Waals surface area contributed by atoms with Gasteiger partial charge in [-0.3, -0.25) is 4.84 Å². The lowest BCUT2D eigenvalue weighted by Crippen LogP contribution is -2.04. The smallest absolute Gasteiger partial charge is 0.334 e. The van der Waals surface area contributed by atoms with Gasteiger partial charge in [-0.15, -0.1) is 0 Å². The van der Waals surface area contributed by atoms with Gasteiger partial charge in [0.2, 0.25) is 0 Å². The third kappa shape index (κ3) is 2.66. The fourth-order valence-corrected chi connectivity index (χ4v) is 1.33. The van der Waals surface area contributed by atoms with Gasteiger partial charge in [-0.2, -0.15) is 18.2 Å². The van der Waals surface area contributed by atoms with Gasteiger partial charge in [-0.1, -0.05) is 11.2 Å². The van der Waals surface area contributed by atoms with Crippen LogP contribution in [0.4, 0.5) is 13.2 Å². The molecule has 0 aliphatic rings. The second kappa shape index (κ2) is 4.75. The zero-order chi connectivity index (χ0) is 13.2. The number of nitrogens with zero attached hydrogens (tertiary/aromatic N) is 2. The zero-order valence-electron chi connectivity index (χ0n) is 8.94. The Kier molecular flexibility index (Phi) is 3.30. The standard InChI is InChI=1S/C10H8F3N3O2/c11-10(12,13)7-3-1-2-6(4-7)9-15-8(5-17-14)16-18-9/h1-4H,5,14H2. The Balaban J connectivity index is 2.32. The molecule has 0 amide bonds. The minimum absolute atomic E-state index is 0.0202. The molecule has 2 N–H and O–H groups in total. The average molecular weight is 259 g/mol. The monoisotopic (exact) mass is 259 g/mol. The number of halogens is 3. The highest BCUT2D eigenvalue weighted by molar-refractivity contribution is 5.54. The summed E-state index contributed by atoms with van der Waals surface area (Å²) >= 11 is 0. The molecular weight excluding hydrogens is 251 g/mol. The SMILES string of the molecule is NOCc1noc(-c2cccc(C(F)(F)F)c2)n1. The van der Waals surface area contributed by atoms with Crippen molar-refractivity contribution in [3.05, 3.63) is 35.7 Å². The number of alkyl halides is 3. The van der Waals surface area contributed by atoms with E-state index in [1.54, 1.807) is 0 Å². The molecule has 0 bridgehead atoms. The summed E-state index contributed by atoms with van der Waals surface area (Å²) in [5.41, 5.74) is -0.601. The fourth-order valence-electron chi connectivity index (χ4n) is 1.33. The van der Waals surface area contributed by atoms with Gasteiger partial charge in [-0.05, 0) is 18.2 Å². The van der Waals surface area contributed by atoms with E-state index in [0.29, 0.717) is 0 Å². The van der Waals surface area contributed by atoms with Gasteiger partial charge in [0.25, 0.3) is 5.89 Å². The molecule has 0 radical (unpaired) electrons. The lowest BCUT2D eigenvalue weighted by molar-refractivity contribution is -0.137. The highest BCUT2D eigenvalue weighted by atomic mass is 19.4. The number of benzene rings is 1. The minimum Gasteiger partial charge on any atom is -0.334 e. The summed E-state index contributed by atoms with van der Waals surface area (Å²) in [6.45, 7) is -0.0809. The second-order valence-corrected chi connectivity index (χ2v) is 3.41. The molecule has 18 heavy (non-hydrogen) atoms. The first-order valence-electron chi connectivity index (χ1n) is 4.82. The van der Waals surface area contributed by atoms with Gasteiger partial charge < -0.3 is 4.52 Å². The maximum atomic E-state index is 12.5. The van der Waals surface area contributed by atoms with Crippen LogP contribution in [-0.4, -0.2) is 10.1 Å². The first-order valence-corrected chi connectivity index (χ1v) is 4.82. The van der Waals surface area contributed by atoms with Crippen LogP contribution in [-0.2, 0) is 17.6 Å². The molecule has 0 saturated heterocycles. The molecule has 0 unspecified atom stereocenters. The van der Waals surface area contributed by atoms with Crippen LogP contribution in [0.3, 0.4) is 0 Å². The summed E-state index contributed by atoms with van der Waals surface area (Å²) < 4.78 is 42.3. The summed E-state index contributed by atoms with van der Waals surface area (Å²) in [5.74, 6) is 4.96. The summed E-state index contributed by atoms with van der Waals surface area (Å²) in [6.07, 6.45) is -4.42. The number of hydrogen-bond acceptors (Lipinski definition) is 5. The molecule has 0 atom stereocenters. The third-order valence-electron chi connectivity index (χ3n) is 2.12. The van der Waals surface area contributed by atoms with Crippen LogP contribution in [0.2, 0.25) is 0 Å². The normalized spacial score (nSPS) is 11.8. The van der Waals surface area contributed by atoms with Crippen molar-refractivity contribution >= 4 is 0 Å². The Bertz CT molecular complexity index is 539. The number of nitrogens with two attached hydrogens (primary N) is 1. The molecule has 2 aromatic rings. The molecule has 0 saturated carbocycles. The van der Waals surface area contributed by atoms with Crippen molar-refractivity contribution in [2.45, 2.75) is 12.8 Å². The van der Waals surface area contributed by atoms with E-state index in [1.165, 1.54) is 12.1 Å². The molecule has 8 heteroatoms. The molecule has 1 heterocycles. The lowest BCUT2D eigenvalue weighted by Gasteiger charge is -2.06. The van der Waals surface area contributed by atoms with Gasteiger partial charge in [0, 0.05) is 5.56 Å². The summed E-state index contributed by atoms with van der Waals surface area (Å²) in [4.78, 5) is 8.13. The first-order chi connectivity index (χ1) is 8.50. The summed E-state index contributed by atoms with van der Waals surface area (Å²) in [6, 6.07) is 4.60. The average Bonchev–Trinajstić information content (AvgIpc) is 2.77. The molecule has 1 aromatic carbocycles. The largest absolute Gasteiger partial charge is 0.416 e. The molecule has 0 aliphatic carbocycles. The Morgan fingerprint density at radius 3 is 2.78 bits per heavy atom. The van der Waals surface area contributed by atoms with Crippen LogP contribution in [0.1, 0.15) is 11.4 Å². The summed E-state index contributed by atoms with van der Waals surface area (Å²) in [5, 5.41) is 3.50. The molecule has 96 valence electrons. The predicted molar refractivity (Wildman–Crippen MR) is 53.7 cm³/mol. The number of rotatable bonds is 3. The van der Waals surface area contributed by atoms with Crippen LogP contribution in [0.25, 0.3) is 11.5 Å². The first kappa shape index (κ1) is 12.5. The van der Waals surface area contributed by atoms with Crippen molar-refractivity contribution in [2.24, 2.45) is 5.90 Å². The Hall–Kier alpha value is -1.93. The highest BCUT2D eigenvalue weighted by Crippen LogP contribution is 2.31. The molecule has 0 aliphatic heterocycles. The van der Waals surface area contributed by atoms with E-state index in [9.17, 15) is 13.2 Å². The molecule has 0 fully saturated rings. The van der Waals surface area contributed by atoms with E-state index < -0.39 is 11.7 Å². The van der Waals surface area contributed by atoms with Gasteiger partial charge >= 0.3 is 6.18 Å². The quantitative estimate of drug-likeness (QED) is 0.855. The molecule has 5 nitrogen and oxygen atoms in total. The second-order valence-electron chi connectivity index (χ2n) is 3.41. The van der Waals surface area contributed by atoms with Crippen LogP contribution < -0.4 is 5.90 Å². The van der Waals surface area contributed by atoms with Crippen LogP contribution >= 0.6 is 0 Å². The van der Waals surface area contributed by atoms with Crippen LogP contribution in [0.15, 0.2) is 28.8 Å². The molecular formula is C10H8F3N3O2. The van der Waals surface area contributed by atoms with Gasteiger partial charge in [0.1, 0.15) is 6.61 Å². The predicted octanol–water partition coefficient (Wildman–Crippen LogP) is 2.15. The Morgan fingerprint density at radius 1 is 1.33 bits per heavy atom. The van der Waals surface area contributed by atoms with E-state index >= 15 is 0 Å². The van der Waals surface area contributed by atoms with Gasteiger partial charge in [-0.25, -0.2) is 5.90 Å². The molecule has 2 rings (SSSR count). The van der Waals surface area contributed by atoms with E-state index in [1.807, 2.05) is 0 Å². The third-order valence-corrected chi connectivity index (χ3v) is 2.12. The maximum absolute atomic E-state index is 12.5. The number of aromatic nitrogens is 2. The van der Waals surface area contributed by atoms with Crippen molar-refractivity contribution in [3.63, 3.8) is 0 Å². The van der Waals surface area contributed by atoms with Crippen LogP contribution in [0.5, 0.6) is 0 Å². The van der Waals surface area contributed by atoms with E-state index in [-0.39, 0.29) is 23.9 Å². The van der Waals surface area contributed by atoms with E-state index in [0.717, 1.165) is 12.1 Å². The molecule has 1 aromatic heterocycles. The van der Waals surface area contributed by atoms with Crippen LogP contribution in [0, 0.1) is 0 Å². The summed E-state index contributed by atoms with van der Waals surface area (Å²) in [7, 11) is 0. The lowest BCUT2D eigenvalue weighted by atomic mass is 10.1. The fraction of sp³-hybridized carbons (Fsp3) is 0.200. The van der Waals surface area contributed by atoms with Crippen molar-refractivity contribution in [1.82, 2.24) is 10.1 Å². The van der Waals surface area contributed by atoms with Crippen molar-refractivity contribution in [1.29, 1.82) is 0 Å². The Labute approximate surface area is 99.3 Å². The number of hydrogen-bond donors (Lipinski definition) is 1. The topological polar surface area (TPSA) is 74.2 Å². The highest BCUT2D eigenvalue weighted by Gasteiger charge is 2.30. The van der Waals surface area contributed by atoms with E-state index in [4.69, 9.17) is 10.4 Å². The van der Waals surface area contributed by atoms with E-state index in [2.05, 4.69) is 15.0 Å². The van der Waals surface area contributed by atoms with Crippen molar-refractivity contribution in [2.75, 3.05) is 0 Å².